The number of nitrogens with zero attached hydrogens (tertiary/aromatic N) is 2. The van der Waals surface area contributed by atoms with Crippen LogP contribution in [0.15, 0.2) is 36.7 Å². The maximum atomic E-state index is 11.4. The molecule has 98 valence electrons. The molecule has 1 N–H and O–H groups in total. The van der Waals surface area contributed by atoms with Crippen LogP contribution >= 0.6 is 11.6 Å². The van der Waals surface area contributed by atoms with E-state index in [0.29, 0.717) is 23.1 Å². The number of rotatable bonds is 4. The number of nitrogens with one attached hydrogen (secondary N) is 1. The highest BCUT2D eigenvalue weighted by Crippen LogP contribution is 2.16. The van der Waals surface area contributed by atoms with Gasteiger partial charge in [0.05, 0.1) is 12.2 Å². The number of esters is 1. The lowest BCUT2D eigenvalue weighted by molar-refractivity contribution is 0.0525. The van der Waals surface area contributed by atoms with Gasteiger partial charge in [-0.2, -0.15) is 0 Å². The quantitative estimate of drug-likeness (QED) is 0.870. The van der Waals surface area contributed by atoms with Gasteiger partial charge in [-0.05, 0) is 31.2 Å². The van der Waals surface area contributed by atoms with Crippen LogP contribution in [0.1, 0.15) is 17.3 Å². The molecule has 0 spiro atoms. The molecular weight excluding hydrogens is 266 g/mol. The number of carbonyl (C=O) groups excluding carboxylic acids is 1. The fourth-order valence-corrected chi connectivity index (χ4v) is 1.50. The molecule has 19 heavy (non-hydrogen) atoms. The third kappa shape index (κ3) is 3.66. The molecule has 0 bridgehead atoms. The molecule has 0 amide bonds. The number of carbonyl (C=O) groups is 1. The van der Waals surface area contributed by atoms with Gasteiger partial charge in [0, 0.05) is 23.1 Å². The van der Waals surface area contributed by atoms with Crippen LogP contribution in [0, 0.1) is 0 Å². The number of anilines is 2. The zero-order chi connectivity index (χ0) is 13.7. The zero-order valence-electron chi connectivity index (χ0n) is 10.3. The largest absolute Gasteiger partial charge is 0.462 e. The van der Waals surface area contributed by atoms with E-state index in [2.05, 4.69) is 15.3 Å². The van der Waals surface area contributed by atoms with Crippen molar-refractivity contribution in [1.29, 1.82) is 0 Å². The second kappa shape index (κ2) is 6.15. The molecule has 2 aromatic rings. The summed E-state index contributed by atoms with van der Waals surface area (Å²) in [4.78, 5) is 19.5. The maximum Gasteiger partial charge on any atom is 0.341 e. The summed E-state index contributed by atoms with van der Waals surface area (Å²) in [6.07, 6.45) is 2.84. The number of benzene rings is 1. The van der Waals surface area contributed by atoms with Gasteiger partial charge < -0.3 is 10.1 Å². The molecule has 0 saturated carbocycles. The SMILES string of the molecule is CCOC(=O)c1cnc(Nc2ccc(Cl)cc2)nc1. The van der Waals surface area contributed by atoms with Gasteiger partial charge in [0.15, 0.2) is 0 Å². The topological polar surface area (TPSA) is 64.1 Å². The van der Waals surface area contributed by atoms with Crippen molar-refractivity contribution in [3.8, 4) is 0 Å². The first-order valence-electron chi connectivity index (χ1n) is 5.71. The predicted octanol–water partition coefficient (Wildman–Crippen LogP) is 3.05. The van der Waals surface area contributed by atoms with Crippen LogP contribution in [-0.4, -0.2) is 22.5 Å². The van der Waals surface area contributed by atoms with Crippen LogP contribution in [0.4, 0.5) is 11.6 Å². The Morgan fingerprint density at radius 3 is 2.47 bits per heavy atom. The second-order valence-corrected chi connectivity index (χ2v) is 4.08. The molecule has 0 unspecified atom stereocenters. The van der Waals surface area contributed by atoms with E-state index in [-0.39, 0.29) is 0 Å². The normalized spacial score (nSPS) is 10.0. The molecule has 6 heteroatoms. The van der Waals surface area contributed by atoms with Gasteiger partial charge >= 0.3 is 5.97 Å². The van der Waals surface area contributed by atoms with Crippen LogP contribution in [0.5, 0.6) is 0 Å². The summed E-state index contributed by atoms with van der Waals surface area (Å²) in [5.41, 5.74) is 1.14. The summed E-state index contributed by atoms with van der Waals surface area (Å²) >= 11 is 5.79. The number of hydrogen-bond donors (Lipinski definition) is 1. The van der Waals surface area contributed by atoms with Gasteiger partial charge in [-0.3, -0.25) is 0 Å². The first-order valence-corrected chi connectivity index (χ1v) is 6.08. The Morgan fingerprint density at radius 1 is 1.26 bits per heavy atom. The van der Waals surface area contributed by atoms with Crippen molar-refractivity contribution < 1.29 is 9.53 Å². The first-order chi connectivity index (χ1) is 9.19. The van der Waals surface area contributed by atoms with Gasteiger partial charge in [0.25, 0.3) is 0 Å². The van der Waals surface area contributed by atoms with Gasteiger partial charge in [0.1, 0.15) is 0 Å². The zero-order valence-corrected chi connectivity index (χ0v) is 11.0. The maximum absolute atomic E-state index is 11.4. The highest BCUT2D eigenvalue weighted by molar-refractivity contribution is 6.30. The third-order valence-electron chi connectivity index (χ3n) is 2.26. The Morgan fingerprint density at radius 2 is 1.89 bits per heavy atom. The standard InChI is InChI=1S/C13H12ClN3O2/c1-2-19-12(18)9-7-15-13(16-8-9)17-11-5-3-10(14)4-6-11/h3-8H,2H2,1H3,(H,15,16,17). The Kier molecular flexibility index (Phi) is 4.30. The van der Waals surface area contributed by atoms with E-state index in [9.17, 15) is 4.79 Å². The van der Waals surface area contributed by atoms with Crippen LogP contribution in [0.3, 0.4) is 0 Å². The second-order valence-electron chi connectivity index (χ2n) is 3.65. The highest BCUT2D eigenvalue weighted by Gasteiger charge is 2.07. The Bertz CT molecular complexity index is 555. The van der Waals surface area contributed by atoms with Gasteiger partial charge in [-0.25, -0.2) is 14.8 Å². The molecular formula is C13H12ClN3O2. The molecule has 1 aromatic heterocycles. The number of aromatic nitrogens is 2. The lowest BCUT2D eigenvalue weighted by atomic mass is 10.3. The van der Waals surface area contributed by atoms with Crippen molar-refractivity contribution in [3.05, 3.63) is 47.2 Å². The average molecular weight is 278 g/mol. The number of ether oxygens (including phenoxy) is 1. The van der Waals surface area contributed by atoms with E-state index in [4.69, 9.17) is 16.3 Å². The minimum Gasteiger partial charge on any atom is -0.462 e. The smallest absolute Gasteiger partial charge is 0.341 e. The summed E-state index contributed by atoms with van der Waals surface area (Å²) in [5, 5.41) is 3.65. The molecule has 5 nitrogen and oxygen atoms in total. The first kappa shape index (κ1) is 13.3. The summed E-state index contributed by atoms with van der Waals surface area (Å²) < 4.78 is 4.85. The number of hydrogen-bond acceptors (Lipinski definition) is 5. The minimum absolute atomic E-state index is 0.323. The lowest BCUT2D eigenvalue weighted by Gasteiger charge is -2.05. The van der Waals surface area contributed by atoms with Crippen LogP contribution in [0.2, 0.25) is 5.02 Å². The average Bonchev–Trinajstić information content (AvgIpc) is 2.42. The van der Waals surface area contributed by atoms with Crippen molar-refractivity contribution in [2.45, 2.75) is 6.92 Å². The van der Waals surface area contributed by atoms with E-state index in [0.717, 1.165) is 5.69 Å². The van der Waals surface area contributed by atoms with Crippen molar-refractivity contribution in [2.75, 3.05) is 11.9 Å². The minimum atomic E-state index is -0.430. The van der Waals surface area contributed by atoms with E-state index in [1.807, 2.05) is 12.1 Å². The van der Waals surface area contributed by atoms with Gasteiger partial charge in [0.2, 0.25) is 5.95 Å². The van der Waals surface area contributed by atoms with Crippen LogP contribution in [0.25, 0.3) is 0 Å². The fraction of sp³-hybridized carbons (Fsp3) is 0.154. The summed E-state index contributed by atoms with van der Waals surface area (Å²) in [6, 6.07) is 7.14. The monoisotopic (exact) mass is 277 g/mol. The van der Waals surface area contributed by atoms with E-state index >= 15 is 0 Å². The molecule has 0 saturated heterocycles. The molecule has 1 heterocycles. The van der Waals surface area contributed by atoms with Crippen molar-refractivity contribution >= 4 is 29.2 Å². The van der Waals surface area contributed by atoms with Crippen molar-refractivity contribution in [3.63, 3.8) is 0 Å². The molecule has 2 rings (SSSR count). The summed E-state index contributed by atoms with van der Waals surface area (Å²) in [6.45, 7) is 2.07. The third-order valence-corrected chi connectivity index (χ3v) is 2.52. The van der Waals surface area contributed by atoms with Gasteiger partial charge in [-0.15, -0.1) is 0 Å². The Balaban J connectivity index is 2.06. The van der Waals surface area contributed by atoms with Crippen molar-refractivity contribution in [2.24, 2.45) is 0 Å². The molecule has 0 fully saturated rings. The highest BCUT2D eigenvalue weighted by atomic mass is 35.5. The molecule has 1 aromatic carbocycles. The van der Waals surface area contributed by atoms with E-state index < -0.39 is 5.97 Å². The fourth-order valence-electron chi connectivity index (χ4n) is 1.37. The Labute approximate surface area is 115 Å². The lowest BCUT2D eigenvalue weighted by Crippen LogP contribution is -2.06. The van der Waals surface area contributed by atoms with Crippen LogP contribution < -0.4 is 5.32 Å². The Hall–Kier alpha value is -2.14. The van der Waals surface area contributed by atoms with Crippen LogP contribution in [-0.2, 0) is 4.74 Å². The van der Waals surface area contributed by atoms with E-state index in [1.165, 1.54) is 12.4 Å². The van der Waals surface area contributed by atoms with Gasteiger partial charge in [-0.1, -0.05) is 11.6 Å². The molecule has 0 atom stereocenters. The molecule has 0 aliphatic rings. The summed E-state index contributed by atoms with van der Waals surface area (Å²) in [5.74, 6) is -0.0316. The van der Waals surface area contributed by atoms with Crippen molar-refractivity contribution in [1.82, 2.24) is 9.97 Å². The predicted molar refractivity (Wildman–Crippen MR) is 72.7 cm³/mol. The summed E-state index contributed by atoms with van der Waals surface area (Å²) in [7, 11) is 0. The molecule has 0 radical (unpaired) electrons. The number of halogens is 1. The van der Waals surface area contributed by atoms with E-state index in [1.54, 1.807) is 19.1 Å². The molecule has 0 aliphatic carbocycles. The molecule has 0 aliphatic heterocycles.